The maximum Gasteiger partial charge on any atom is 0.185 e. The third kappa shape index (κ3) is 11.9. The molecule has 0 radical (unpaired) electrons. The van der Waals surface area contributed by atoms with Crippen LogP contribution in [0.1, 0.15) is 112 Å². The molecular weight excluding hydrogens is 773 g/mol. The minimum Gasteiger partial charge on any atom is -0.415 e. The Kier molecular flexibility index (Phi) is 15.5. The van der Waals surface area contributed by atoms with Crippen molar-refractivity contribution in [2.45, 2.75) is 228 Å². The summed E-state index contributed by atoms with van der Waals surface area (Å²) in [4.78, 5) is 0. The molecule has 332 valence electrons. The molecule has 3 saturated carbocycles. The average molecular weight is 866 g/mol. The Morgan fingerprint density at radius 2 is 1.33 bits per heavy atom. The Hall–Kier alpha value is 0.368. The average Bonchev–Trinajstić information content (AvgIpc) is 3.42. The van der Waals surface area contributed by atoms with Gasteiger partial charge in [0.2, 0.25) is 0 Å². The standard InChI is InChI=1S/C47H92O6Si4/c1-19-34(32(2)3)21-20-33(4)38-24-25-39-37-23-22-35-30-36(26-28-46(35,5)40(37)27-29-47(38,39)6)49-45-44(53-57(16,17)18)43(52-56(13,14)15)42(51-55(10,11)12)41(50-45)31-48-54(7,8)9/h22,32-34,36-45H,19-21,23-31H2,1-18H3. The lowest BCUT2D eigenvalue weighted by atomic mass is 9.47. The highest BCUT2D eigenvalue weighted by molar-refractivity contribution is 6.71. The van der Waals surface area contributed by atoms with E-state index in [1.54, 1.807) is 5.57 Å². The second kappa shape index (κ2) is 18.2. The van der Waals surface area contributed by atoms with E-state index < -0.39 is 39.6 Å². The van der Waals surface area contributed by atoms with Crippen molar-refractivity contribution in [3.05, 3.63) is 11.6 Å². The summed E-state index contributed by atoms with van der Waals surface area (Å²) in [7, 11) is -7.88. The summed E-state index contributed by atoms with van der Waals surface area (Å²) in [6, 6.07) is 0. The first-order valence-electron chi connectivity index (χ1n) is 23.8. The maximum atomic E-state index is 7.28. The highest BCUT2D eigenvalue weighted by Gasteiger charge is 2.60. The third-order valence-electron chi connectivity index (χ3n) is 15.3. The van der Waals surface area contributed by atoms with Gasteiger partial charge in [-0.15, -0.1) is 0 Å². The van der Waals surface area contributed by atoms with Crippen molar-refractivity contribution in [3.8, 4) is 0 Å². The molecule has 14 unspecified atom stereocenters. The molecule has 1 saturated heterocycles. The molecule has 0 amide bonds. The van der Waals surface area contributed by atoms with Crippen LogP contribution in [0.2, 0.25) is 78.6 Å². The van der Waals surface area contributed by atoms with Crippen LogP contribution in [-0.4, -0.2) is 76.7 Å². The summed E-state index contributed by atoms with van der Waals surface area (Å²) in [6.07, 6.45) is 15.5. The smallest absolute Gasteiger partial charge is 0.185 e. The molecule has 1 aliphatic heterocycles. The Labute approximate surface area is 357 Å². The van der Waals surface area contributed by atoms with Gasteiger partial charge in [-0.05, 0) is 189 Å². The largest absolute Gasteiger partial charge is 0.415 e. The molecular formula is C47H92O6Si4. The van der Waals surface area contributed by atoms with Crippen LogP contribution in [0.5, 0.6) is 0 Å². The molecule has 6 nitrogen and oxygen atoms in total. The Bertz CT molecular complexity index is 1350. The topological polar surface area (TPSA) is 55.4 Å². The van der Waals surface area contributed by atoms with Crippen LogP contribution in [0, 0.1) is 52.3 Å². The summed E-state index contributed by atoms with van der Waals surface area (Å²) in [5.74, 6) is 5.91. The molecule has 0 bridgehead atoms. The summed E-state index contributed by atoms with van der Waals surface area (Å²) in [5.41, 5.74) is 2.44. The van der Waals surface area contributed by atoms with Crippen LogP contribution in [0.4, 0.5) is 0 Å². The minimum atomic E-state index is -2.04. The van der Waals surface area contributed by atoms with Crippen LogP contribution in [0.3, 0.4) is 0 Å². The Morgan fingerprint density at radius 3 is 1.91 bits per heavy atom. The van der Waals surface area contributed by atoms with Gasteiger partial charge in [-0.1, -0.05) is 66.0 Å². The lowest BCUT2D eigenvalue weighted by molar-refractivity contribution is -0.303. The molecule has 4 aliphatic carbocycles. The van der Waals surface area contributed by atoms with Crippen molar-refractivity contribution in [1.82, 2.24) is 0 Å². The lowest BCUT2D eigenvalue weighted by Crippen LogP contribution is -2.66. The SMILES string of the molecule is CCC(CCC(C)C1CCC2C3CC=C4CC(OC5OC(CO[Si](C)(C)C)C(O[Si](C)(C)C)C(O[Si](C)(C)C)C5O[Si](C)(C)C)CCC4(C)C3CCC12C)C(C)C. The van der Waals surface area contributed by atoms with Gasteiger partial charge >= 0.3 is 0 Å². The zero-order valence-electron chi connectivity index (χ0n) is 40.5. The number of rotatable bonds is 17. The number of fused-ring (bicyclic) bond motifs is 5. The maximum absolute atomic E-state index is 7.28. The van der Waals surface area contributed by atoms with Gasteiger partial charge in [-0.3, -0.25) is 0 Å². The zero-order valence-corrected chi connectivity index (χ0v) is 44.5. The van der Waals surface area contributed by atoms with Crippen LogP contribution in [0.15, 0.2) is 11.6 Å². The highest BCUT2D eigenvalue weighted by Crippen LogP contribution is 2.67. The highest BCUT2D eigenvalue weighted by atomic mass is 28.4. The van der Waals surface area contributed by atoms with Crippen molar-refractivity contribution in [2.24, 2.45) is 52.3 Å². The molecule has 0 aromatic rings. The van der Waals surface area contributed by atoms with Gasteiger partial charge in [-0.2, -0.15) is 0 Å². The van der Waals surface area contributed by atoms with E-state index in [0.717, 1.165) is 54.3 Å². The van der Waals surface area contributed by atoms with E-state index in [4.69, 9.17) is 27.2 Å². The van der Waals surface area contributed by atoms with Gasteiger partial charge < -0.3 is 27.2 Å². The van der Waals surface area contributed by atoms with E-state index in [-0.39, 0.29) is 35.9 Å². The molecule has 0 spiro atoms. The molecule has 1 heterocycles. The number of hydrogen-bond acceptors (Lipinski definition) is 6. The van der Waals surface area contributed by atoms with Gasteiger partial charge in [-0.25, -0.2) is 0 Å². The van der Waals surface area contributed by atoms with Crippen LogP contribution < -0.4 is 0 Å². The van der Waals surface area contributed by atoms with E-state index in [2.05, 4.69) is 126 Å². The van der Waals surface area contributed by atoms with Gasteiger partial charge in [0.25, 0.3) is 0 Å². The minimum absolute atomic E-state index is 0.0995. The first kappa shape index (κ1) is 48.4. The van der Waals surface area contributed by atoms with Crippen molar-refractivity contribution in [3.63, 3.8) is 0 Å². The van der Waals surface area contributed by atoms with E-state index >= 15 is 0 Å². The molecule has 0 N–H and O–H groups in total. The molecule has 57 heavy (non-hydrogen) atoms. The normalized spacial score (nSPS) is 39.0. The number of ether oxygens (including phenoxy) is 2. The van der Waals surface area contributed by atoms with Crippen LogP contribution in [-0.2, 0) is 27.2 Å². The van der Waals surface area contributed by atoms with Crippen molar-refractivity contribution in [1.29, 1.82) is 0 Å². The quantitative estimate of drug-likeness (QED) is 0.107. The Balaban J connectivity index is 1.35. The molecule has 10 heteroatoms. The number of allylic oxidation sites excluding steroid dienone is 1. The van der Waals surface area contributed by atoms with Gasteiger partial charge in [0, 0.05) is 0 Å². The van der Waals surface area contributed by atoms with Crippen LogP contribution >= 0.6 is 0 Å². The fourth-order valence-corrected chi connectivity index (χ4v) is 16.6. The molecule has 5 aliphatic rings. The second-order valence-corrected chi connectivity index (χ2v) is 42.4. The van der Waals surface area contributed by atoms with Gasteiger partial charge in [0.05, 0.1) is 12.7 Å². The first-order valence-corrected chi connectivity index (χ1v) is 37.4. The summed E-state index contributed by atoms with van der Waals surface area (Å²) >= 11 is 0. The first-order chi connectivity index (χ1) is 26.1. The summed E-state index contributed by atoms with van der Waals surface area (Å²) in [6.45, 7) is 43.0. The van der Waals surface area contributed by atoms with E-state index in [9.17, 15) is 0 Å². The van der Waals surface area contributed by atoms with E-state index in [1.165, 1.54) is 57.8 Å². The lowest BCUT2D eigenvalue weighted by Gasteiger charge is -2.59. The summed E-state index contributed by atoms with van der Waals surface area (Å²) < 4.78 is 42.3. The third-order valence-corrected chi connectivity index (χ3v) is 19.3. The van der Waals surface area contributed by atoms with E-state index in [0.29, 0.717) is 12.0 Å². The Morgan fingerprint density at radius 1 is 0.719 bits per heavy atom. The molecule has 0 aromatic heterocycles. The van der Waals surface area contributed by atoms with E-state index in [1.807, 2.05) is 0 Å². The second-order valence-electron chi connectivity index (χ2n) is 24.5. The molecule has 5 rings (SSSR count). The molecule has 0 aromatic carbocycles. The van der Waals surface area contributed by atoms with Crippen molar-refractivity contribution < 1.29 is 27.2 Å². The predicted molar refractivity (Wildman–Crippen MR) is 250 cm³/mol. The predicted octanol–water partition coefficient (Wildman–Crippen LogP) is 13.3. The summed E-state index contributed by atoms with van der Waals surface area (Å²) in [5, 5.41) is 0. The van der Waals surface area contributed by atoms with Gasteiger partial charge in [0.15, 0.2) is 39.6 Å². The molecule has 14 atom stereocenters. The monoisotopic (exact) mass is 865 g/mol. The van der Waals surface area contributed by atoms with Crippen LogP contribution in [0.25, 0.3) is 0 Å². The van der Waals surface area contributed by atoms with Crippen molar-refractivity contribution >= 4 is 33.3 Å². The number of hydrogen-bond donors (Lipinski definition) is 0. The van der Waals surface area contributed by atoms with Gasteiger partial charge in [0.1, 0.15) is 24.4 Å². The zero-order chi connectivity index (χ0) is 42.5. The van der Waals surface area contributed by atoms with Crippen molar-refractivity contribution in [2.75, 3.05) is 6.61 Å². The molecule has 4 fully saturated rings. The fourth-order valence-electron chi connectivity index (χ4n) is 12.7. The fraction of sp³-hybridized carbons (Fsp3) is 0.957.